The van der Waals surface area contributed by atoms with Crippen LogP contribution in [-0.2, 0) is 9.53 Å². The van der Waals surface area contributed by atoms with Gasteiger partial charge in [0.05, 0.1) is 22.3 Å². The van der Waals surface area contributed by atoms with Crippen LogP contribution in [0.2, 0.25) is 0 Å². The number of ether oxygens (including phenoxy) is 1. The van der Waals surface area contributed by atoms with Gasteiger partial charge < -0.3 is 15.2 Å². The van der Waals surface area contributed by atoms with E-state index in [1.807, 2.05) is 0 Å². The molecule has 2 aromatic rings. The zero-order valence-corrected chi connectivity index (χ0v) is 11.3. The zero-order valence-electron chi connectivity index (χ0n) is 10.5. The molecule has 0 spiro atoms. The maximum absolute atomic E-state index is 12.2. The van der Waals surface area contributed by atoms with Crippen LogP contribution < -0.4 is 5.32 Å². The summed E-state index contributed by atoms with van der Waals surface area (Å²) in [4.78, 5) is 27.7. The summed E-state index contributed by atoms with van der Waals surface area (Å²) in [7, 11) is 0. The average Bonchev–Trinajstić information content (AvgIpc) is 3.06. The maximum Gasteiger partial charge on any atom is 0.331 e. The number of carboxylic acids is 1. The van der Waals surface area contributed by atoms with Crippen molar-refractivity contribution in [2.24, 2.45) is 0 Å². The summed E-state index contributed by atoms with van der Waals surface area (Å²) in [5, 5.41) is 11.9. The summed E-state index contributed by atoms with van der Waals surface area (Å²) in [6.07, 6.45) is 0.275. The van der Waals surface area contributed by atoms with Crippen molar-refractivity contribution in [1.29, 1.82) is 0 Å². The Morgan fingerprint density at radius 1 is 1.45 bits per heavy atom. The number of rotatable bonds is 3. The SMILES string of the molecule is O=C(NC1(C(=O)O)CCOC1)c1ccc2ncsc2c1. The van der Waals surface area contributed by atoms with Crippen LogP contribution in [-0.4, -0.2) is 40.7 Å². The molecule has 0 radical (unpaired) electrons. The fourth-order valence-corrected chi connectivity index (χ4v) is 2.89. The Balaban J connectivity index is 1.86. The highest BCUT2D eigenvalue weighted by Gasteiger charge is 2.44. The van der Waals surface area contributed by atoms with Gasteiger partial charge >= 0.3 is 5.97 Å². The van der Waals surface area contributed by atoms with Gasteiger partial charge in [-0.15, -0.1) is 11.3 Å². The van der Waals surface area contributed by atoms with E-state index in [9.17, 15) is 14.7 Å². The number of fused-ring (bicyclic) bond motifs is 1. The van der Waals surface area contributed by atoms with Crippen molar-refractivity contribution in [2.75, 3.05) is 13.2 Å². The normalized spacial score (nSPS) is 22.0. The Labute approximate surface area is 118 Å². The fraction of sp³-hybridized carbons (Fsp3) is 0.308. The summed E-state index contributed by atoms with van der Waals surface area (Å²) in [6, 6.07) is 5.11. The topological polar surface area (TPSA) is 88.5 Å². The van der Waals surface area contributed by atoms with Crippen LogP contribution in [0.25, 0.3) is 10.2 Å². The molecule has 7 heteroatoms. The molecule has 1 aromatic heterocycles. The second kappa shape index (κ2) is 4.84. The van der Waals surface area contributed by atoms with Crippen molar-refractivity contribution in [1.82, 2.24) is 10.3 Å². The van der Waals surface area contributed by atoms with Gasteiger partial charge in [-0.2, -0.15) is 0 Å². The van der Waals surface area contributed by atoms with Crippen molar-refractivity contribution in [2.45, 2.75) is 12.0 Å². The molecule has 0 saturated carbocycles. The third-order valence-corrected chi connectivity index (χ3v) is 4.17. The van der Waals surface area contributed by atoms with E-state index >= 15 is 0 Å². The number of amides is 1. The minimum absolute atomic E-state index is 0.00310. The lowest BCUT2D eigenvalue weighted by Crippen LogP contribution is -2.55. The fourth-order valence-electron chi connectivity index (χ4n) is 2.17. The van der Waals surface area contributed by atoms with Crippen molar-refractivity contribution in [3.8, 4) is 0 Å². The van der Waals surface area contributed by atoms with Crippen LogP contribution in [0, 0.1) is 0 Å². The van der Waals surface area contributed by atoms with Gasteiger partial charge in [-0.3, -0.25) is 4.79 Å². The molecular weight excluding hydrogens is 280 g/mol. The number of aromatic nitrogens is 1. The minimum Gasteiger partial charge on any atom is -0.479 e. The highest BCUT2D eigenvalue weighted by Crippen LogP contribution is 2.22. The van der Waals surface area contributed by atoms with E-state index in [-0.39, 0.29) is 13.0 Å². The molecule has 1 unspecified atom stereocenters. The van der Waals surface area contributed by atoms with Crippen LogP contribution in [0.1, 0.15) is 16.8 Å². The average molecular weight is 292 g/mol. The number of nitrogens with zero attached hydrogens (tertiary/aromatic N) is 1. The van der Waals surface area contributed by atoms with Crippen LogP contribution in [0.15, 0.2) is 23.7 Å². The minimum atomic E-state index is -1.32. The lowest BCUT2D eigenvalue weighted by molar-refractivity contribution is -0.144. The quantitative estimate of drug-likeness (QED) is 0.889. The predicted molar refractivity (Wildman–Crippen MR) is 72.9 cm³/mol. The first-order chi connectivity index (χ1) is 9.61. The van der Waals surface area contributed by atoms with E-state index in [1.165, 1.54) is 11.3 Å². The molecule has 6 nitrogen and oxygen atoms in total. The van der Waals surface area contributed by atoms with Crippen molar-refractivity contribution >= 4 is 33.4 Å². The first-order valence-electron chi connectivity index (χ1n) is 6.08. The van der Waals surface area contributed by atoms with Crippen LogP contribution in [0.3, 0.4) is 0 Å². The molecule has 20 heavy (non-hydrogen) atoms. The van der Waals surface area contributed by atoms with Gasteiger partial charge in [0.1, 0.15) is 0 Å². The Bertz CT molecular complexity index is 676. The standard InChI is InChI=1S/C13H12N2O4S/c16-11(15-13(12(17)18)3-4-19-6-13)8-1-2-9-10(5-8)20-7-14-9/h1-2,5,7H,3-4,6H2,(H,15,16)(H,17,18). The third kappa shape index (κ3) is 2.14. The monoisotopic (exact) mass is 292 g/mol. The van der Waals surface area contributed by atoms with Gasteiger partial charge in [-0.05, 0) is 18.2 Å². The number of hydrogen-bond donors (Lipinski definition) is 2. The lowest BCUT2D eigenvalue weighted by Gasteiger charge is -2.23. The van der Waals surface area contributed by atoms with Crippen molar-refractivity contribution in [3.63, 3.8) is 0 Å². The maximum atomic E-state index is 12.2. The van der Waals surface area contributed by atoms with E-state index < -0.39 is 17.4 Å². The molecule has 3 rings (SSSR count). The van der Waals surface area contributed by atoms with Gasteiger partial charge in [0.25, 0.3) is 5.91 Å². The first kappa shape index (κ1) is 13.0. The smallest absolute Gasteiger partial charge is 0.331 e. The molecule has 1 saturated heterocycles. The third-order valence-electron chi connectivity index (χ3n) is 3.38. The predicted octanol–water partition coefficient (Wildman–Crippen LogP) is 1.27. The number of hydrogen-bond acceptors (Lipinski definition) is 5. The number of nitrogens with one attached hydrogen (secondary N) is 1. The van der Waals surface area contributed by atoms with Crippen LogP contribution >= 0.6 is 11.3 Å². The van der Waals surface area contributed by atoms with Crippen molar-refractivity contribution < 1.29 is 19.4 Å². The van der Waals surface area contributed by atoms with Crippen molar-refractivity contribution in [3.05, 3.63) is 29.3 Å². The molecule has 2 heterocycles. The number of benzene rings is 1. The molecule has 1 atom stereocenters. The molecule has 1 aromatic carbocycles. The molecule has 0 aliphatic carbocycles. The number of aliphatic carboxylic acids is 1. The van der Waals surface area contributed by atoms with Gasteiger partial charge in [0, 0.05) is 18.6 Å². The molecular formula is C13H12N2O4S. The van der Waals surface area contributed by atoms with Gasteiger partial charge in [-0.1, -0.05) is 0 Å². The molecule has 104 valence electrons. The first-order valence-corrected chi connectivity index (χ1v) is 6.96. The molecule has 1 amide bonds. The Morgan fingerprint density at radius 3 is 3.00 bits per heavy atom. The van der Waals surface area contributed by atoms with Gasteiger partial charge in [0.15, 0.2) is 5.54 Å². The summed E-state index contributed by atoms with van der Waals surface area (Å²) < 4.78 is 6.01. The van der Waals surface area contributed by atoms with E-state index in [0.717, 1.165) is 10.2 Å². The Kier molecular flexibility index (Phi) is 3.15. The molecule has 0 bridgehead atoms. The van der Waals surface area contributed by atoms with Gasteiger partial charge in [-0.25, -0.2) is 9.78 Å². The highest BCUT2D eigenvalue weighted by atomic mass is 32.1. The zero-order chi connectivity index (χ0) is 14.2. The van der Waals surface area contributed by atoms with Crippen LogP contribution in [0.4, 0.5) is 0 Å². The largest absolute Gasteiger partial charge is 0.479 e. The Morgan fingerprint density at radius 2 is 2.30 bits per heavy atom. The van der Waals surface area contributed by atoms with E-state index in [4.69, 9.17) is 4.74 Å². The number of carbonyl (C=O) groups is 2. The number of carbonyl (C=O) groups excluding carboxylic acids is 1. The highest BCUT2D eigenvalue weighted by molar-refractivity contribution is 7.16. The Hall–Kier alpha value is -1.99. The van der Waals surface area contributed by atoms with E-state index in [1.54, 1.807) is 23.7 Å². The molecule has 1 aliphatic rings. The number of thiazole rings is 1. The van der Waals surface area contributed by atoms with Crippen LogP contribution in [0.5, 0.6) is 0 Å². The summed E-state index contributed by atoms with van der Waals surface area (Å²) in [6.45, 7) is 0.331. The van der Waals surface area contributed by atoms with E-state index in [2.05, 4.69) is 10.3 Å². The van der Waals surface area contributed by atoms with E-state index in [0.29, 0.717) is 12.2 Å². The summed E-state index contributed by atoms with van der Waals surface area (Å²) in [5.41, 5.74) is 1.63. The second-order valence-electron chi connectivity index (χ2n) is 4.68. The number of carboxylic acid groups (broad SMARTS) is 1. The van der Waals surface area contributed by atoms with Gasteiger partial charge in [0.2, 0.25) is 0 Å². The summed E-state index contributed by atoms with van der Waals surface area (Å²) >= 11 is 1.43. The summed E-state index contributed by atoms with van der Waals surface area (Å²) in [5.74, 6) is -1.48. The molecule has 1 fully saturated rings. The second-order valence-corrected chi connectivity index (χ2v) is 5.57. The molecule has 2 N–H and O–H groups in total. The molecule has 1 aliphatic heterocycles. The lowest BCUT2D eigenvalue weighted by atomic mass is 9.98.